The number of alkyl carbamates (subject to hydrolysis) is 1. The van der Waals surface area contributed by atoms with Crippen molar-refractivity contribution < 1.29 is 23.9 Å². The summed E-state index contributed by atoms with van der Waals surface area (Å²) < 4.78 is 9.08. The van der Waals surface area contributed by atoms with Gasteiger partial charge in [-0.1, -0.05) is 55.6 Å². The number of hydrogen-bond donors (Lipinski definition) is 1. The quantitative estimate of drug-likeness (QED) is 0.476. The molecule has 0 aliphatic carbocycles. The number of imide groups is 1. The lowest BCUT2D eigenvalue weighted by Crippen LogP contribution is -2.55. The number of methoxy groups -OCH3 is 1. The van der Waals surface area contributed by atoms with Crippen LogP contribution in [-0.4, -0.2) is 51.4 Å². The predicted molar refractivity (Wildman–Crippen MR) is 122 cm³/mol. The lowest BCUT2D eigenvalue weighted by molar-refractivity contribution is -0.145. The van der Waals surface area contributed by atoms with Crippen molar-refractivity contribution in [2.45, 2.75) is 82.3 Å². The van der Waals surface area contributed by atoms with Crippen molar-refractivity contribution in [1.82, 2.24) is 10.2 Å². The molecule has 0 fully saturated rings. The molecular formula is C21H33Cl3N2O5. The zero-order valence-electron chi connectivity index (χ0n) is 19.1. The Labute approximate surface area is 199 Å². The second-order valence-corrected chi connectivity index (χ2v) is 11.7. The molecule has 1 N–H and O–H groups in total. The normalized spacial score (nSPS) is 19.2. The van der Waals surface area contributed by atoms with Crippen LogP contribution in [0.1, 0.15) is 60.8 Å². The van der Waals surface area contributed by atoms with Crippen LogP contribution in [0.25, 0.3) is 0 Å². The largest absolute Gasteiger partial charge is 0.499 e. The Hall–Kier alpha value is -1.18. The molecule has 3 atom stereocenters. The molecule has 10 heteroatoms. The molecule has 0 aromatic rings. The molecule has 31 heavy (non-hydrogen) atoms. The summed E-state index contributed by atoms with van der Waals surface area (Å²) in [4.78, 5) is 39.7. The molecule has 3 amide bonds. The standard InChI is InChI=1S/C21H33Cl3N2O5/c1-12(2)10-13(3)17(25-19(29)31-20(4,5)6)18(28)26-14(8-9-21(22,23)24)15(30-7)11-16(26)27/h11-14,17H,8-10H2,1-7H3,(H,25,29). The summed E-state index contributed by atoms with van der Waals surface area (Å²) in [6.45, 7) is 11.1. The molecule has 178 valence electrons. The lowest BCUT2D eigenvalue weighted by atomic mass is 9.91. The van der Waals surface area contributed by atoms with Gasteiger partial charge in [-0.3, -0.25) is 14.5 Å². The minimum absolute atomic E-state index is 0.103. The molecule has 7 nitrogen and oxygen atoms in total. The fourth-order valence-corrected chi connectivity index (χ4v) is 3.84. The maximum absolute atomic E-state index is 13.5. The van der Waals surface area contributed by atoms with Crippen LogP contribution in [0.3, 0.4) is 0 Å². The van der Waals surface area contributed by atoms with E-state index in [1.165, 1.54) is 13.2 Å². The SMILES string of the molecule is COC1=CC(=O)N(C(=O)C(NC(=O)OC(C)(C)C)C(C)CC(C)C)C1CCC(Cl)(Cl)Cl. The van der Waals surface area contributed by atoms with Crippen molar-refractivity contribution in [3.05, 3.63) is 11.8 Å². The van der Waals surface area contributed by atoms with E-state index in [2.05, 4.69) is 5.32 Å². The fourth-order valence-electron chi connectivity index (χ4n) is 3.51. The molecule has 0 aromatic heterocycles. The van der Waals surface area contributed by atoms with Crippen molar-refractivity contribution >= 4 is 52.7 Å². The number of nitrogens with zero attached hydrogens (tertiary/aromatic N) is 1. The van der Waals surface area contributed by atoms with Gasteiger partial charge in [0, 0.05) is 6.08 Å². The maximum atomic E-state index is 13.5. The number of carbonyl (C=O) groups is 3. The third kappa shape index (κ3) is 9.07. The highest BCUT2D eigenvalue weighted by molar-refractivity contribution is 6.67. The second-order valence-electron chi connectivity index (χ2n) is 9.20. The third-order valence-electron chi connectivity index (χ3n) is 4.67. The number of rotatable bonds is 8. The highest BCUT2D eigenvalue weighted by atomic mass is 35.6. The average molecular weight is 500 g/mol. The van der Waals surface area contributed by atoms with Gasteiger partial charge in [0.05, 0.1) is 13.2 Å². The molecule has 0 saturated heterocycles. The van der Waals surface area contributed by atoms with E-state index in [0.29, 0.717) is 12.2 Å². The van der Waals surface area contributed by atoms with Gasteiger partial charge in [-0.05, 0) is 51.9 Å². The van der Waals surface area contributed by atoms with E-state index in [1.807, 2.05) is 20.8 Å². The molecule has 1 rings (SSSR count). The molecule has 0 spiro atoms. The van der Waals surface area contributed by atoms with Crippen LogP contribution in [0.5, 0.6) is 0 Å². The molecule has 1 aliphatic rings. The van der Waals surface area contributed by atoms with Gasteiger partial charge in [0.25, 0.3) is 11.8 Å². The molecule has 0 bridgehead atoms. The first-order valence-corrected chi connectivity index (χ1v) is 11.4. The molecule has 3 unspecified atom stereocenters. The lowest BCUT2D eigenvalue weighted by Gasteiger charge is -2.33. The Morgan fingerprint density at radius 1 is 1.19 bits per heavy atom. The Kier molecular flexibility index (Phi) is 9.98. The fraction of sp³-hybridized carbons (Fsp3) is 0.762. The minimum atomic E-state index is -1.54. The van der Waals surface area contributed by atoms with Crippen molar-refractivity contribution in [2.75, 3.05) is 7.11 Å². The number of amides is 3. The first-order valence-electron chi connectivity index (χ1n) is 10.2. The first-order chi connectivity index (χ1) is 14.1. The summed E-state index contributed by atoms with van der Waals surface area (Å²) in [6.07, 6.45) is 1.47. The van der Waals surface area contributed by atoms with Crippen LogP contribution in [-0.2, 0) is 19.1 Å². The van der Waals surface area contributed by atoms with Crippen molar-refractivity contribution in [3.8, 4) is 0 Å². The summed E-state index contributed by atoms with van der Waals surface area (Å²) in [6, 6.07) is -1.70. The zero-order valence-corrected chi connectivity index (χ0v) is 21.4. The maximum Gasteiger partial charge on any atom is 0.408 e. The summed E-state index contributed by atoms with van der Waals surface area (Å²) in [5.74, 6) is -0.772. The van der Waals surface area contributed by atoms with Gasteiger partial charge in [0.1, 0.15) is 17.4 Å². The van der Waals surface area contributed by atoms with E-state index in [1.54, 1.807) is 20.8 Å². The number of hydrogen-bond acceptors (Lipinski definition) is 5. The van der Waals surface area contributed by atoms with Gasteiger partial charge < -0.3 is 14.8 Å². The van der Waals surface area contributed by atoms with Gasteiger partial charge in [-0.15, -0.1) is 0 Å². The molecule has 0 aromatic carbocycles. The van der Waals surface area contributed by atoms with Gasteiger partial charge in [0.2, 0.25) is 0 Å². The van der Waals surface area contributed by atoms with Gasteiger partial charge in [-0.25, -0.2) is 4.79 Å². The van der Waals surface area contributed by atoms with E-state index in [0.717, 1.165) is 4.90 Å². The second kappa shape index (κ2) is 11.1. The third-order valence-corrected chi connectivity index (χ3v) is 5.24. The smallest absolute Gasteiger partial charge is 0.408 e. The Morgan fingerprint density at radius 3 is 2.23 bits per heavy atom. The van der Waals surface area contributed by atoms with Crippen LogP contribution >= 0.6 is 34.8 Å². The Morgan fingerprint density at radius 2 is 1.77 bits per heavy atom. The number of carbonyl (C=O) groups excluding carboxylic acids is 3. The summed E-state index contributed by atoms with van der Waals surface area (Å²) in [7, 11) is 1.41. The van der Waals surface area contributed by atoms with Crippen molar-refractivity contribution in [3.63, 3.8) is 0 Å². The van der Waals surface area contributed by atoms with E-state index >= 15 is 0 Å². The van der Waals surface area contributed by atoms with E-state index in [9.17, 15) is 14.4 Å². The summed E-state index contributed by atoms with van der Waals surface area (Å²) >= 11 is 17.6. The van der Waals surface area contributed by atoms with E-state index in [4.69, 9.17) is 44.3 Å². The Bertz CT molecular complexity index is 698. The number of alkyl halides is 3. The van der Waals surface area contributed by atoms with Crippen LogP contribution in [0.15, 0.2) is 11.8 Å². The van der Waals surface area contributed by atoms with Crippen LogP contribution < -0.4 is 5.32 Å². The molecule has 1 aliphatic heterocycles. The molecule has 0 radical (unpaired) electrons. The zero-order chi connectivity index (χ0) is 24.1. The topological polar surface area (TPSA) is 84.9 Å². The van der Waals surface area contributed by atoms with Crippen LogP contribution in [0, 0.1) is 11.8 Å². The molecule has 1 heterocycles. The van der Waals surface area contributed by atoms with Gasteiger partial charge in [0.15, 0.2) is 3.79 Å². The van der Waals surface area contributed by atoms with Crippen molar-refractivity contribution in [2.24, 2.45) is 11.8 Å². The van der Waals surface area contributed by atoms with Gasteiger partial charge >= 0.3 is 6.09 Å². The molecular weight excluding hydrogens is 467 g/mol. The van der Waals surface area contributed by atoms with Crippen LogP contribution in [0.4, 0.5) is 4.79 Å². The highest BCUT2D eigenvalue weighted by Gasteiger charge is 2.43. The minimum Gasteiger partial charge on any atom is -0.499 e. The average Bonchev–Trinajstić information content (AvgIpc) is 2.90. The number of halogens is 3. The van der Waals surface area contributed by atoms with E-state index < -0.39 is 39.4 Å². The monoisotopic (exact) mass is 498 g/mol. The predicted octanol–water partition coefficient (Wildman–Crippen LogP) is 4.98. The molecule has 0 saturated carbocycles. The Balaban J connectivity index is 3.18. The van der Waals surface area contributed by atoms with Crippen LogP contribution in [0.2, 0.25) is 0 Å². The van der Waals surface area contributed by atoms with E-state index in [-0.39, 0.29) is 24.7 Å². The van der Waals surface area contributed by atoms with Gasteiger partial charge in [-0.2, -0.15) is 0 Å². The summed E-state index contributed by atoms with van der Waals surface area (Å²) in [5, 5.41) is 2.65. The number of ether oxygens (including phenoxy) is 2. The summed E-state index contributed by atoms with van der Waals surface area (Å²) in [5.41, 5.74) is -0.736. The number of nitrogens with one attached hydrogen (secondary N) is 1. The highest BCUT2D eigenvalue weighted by Crippen LogP contribution is 2.35. The van der Waals surface area contributed by atoms with Crippen molar-refractivity contribution in [1.29, 1.82) is 0 Å². The first kappa shape index (κ1) is 27.9.